The van der Waals surface area contributed by atoms with Crippen LogP contribution in [0, 0.1) is 0 Å². The summed E-state index contributed by atoms with van der Waals surface area (Å²) in [5.41, 5.74) is 1.74. The molecular formula is C20H22BNO. The Morgan fingerprint density at radius 1 is 1.04 bits per heavy atom. The summed E-state index contributed by atoms with van der Waals surface area (Å²) < 4.78 is 6.74. The van der Waals surface area contributed by atoms with E-state index in [1.165, 1.54) is 17.5 Å². The summed E-state index contributed by atoms with van der Waals surface area (Å²) in [6, 6.07) is 21.3. The second-order valence-corrected chi connectivity index (χ2v) is 6.56. The van der Waals surface area contributed by atoms with Crippen molar-refractivity contribution >= 4 is 7.05 Å². The summed E-state index contributed by atoms with van der Waals surface area (Å²) in [5, 5.41) is 0. The normalized spacial score (nSPS) is 26.2. The lowest BCUT2D eigenvalue weighted by atomic mass is 9.69. The van der Waals surface area contributed by atoms with E-state index in [1.54, 1.807) is 0 Å². The Morgan fingerprint density at radius 2 is 1.61 bits per heavy atom. The molecule has 2 aliphatic heterocycles. The van der Waals surface area contributed by atoms with E-state index in [0.717, 1.165) is 13.0 Å². The smallest absolute Gasteiger partial charge is 0.380 e. The van der Waals surface area contributed by atoms with Gasteiger partial charge in [-0.2, -0.15) is 0 Å². The molecule has 2 fully saturated rings. The van der Waals surface area contributed by atoms with E-state index >= 15 is 0 Å². The maximum atomic E-state index is 6.74. The molecule has 0 saturated carbocycles. The van der Waals surface area contributed by atoms with E-state index in [4.69, 9.17) is 4.65 Å². The lowest BCUT2D eigenvalue weighted by Gasteiger charge is -2.45. The standard InChI is InChI=1S/C20H22BNO/c1-3-19-15-10-16-22(19)21(2)23-20(19,17-11-6-4-7-12-17)18-13-8-5-9-14-18/h3-9,11-14H,1,10,15-16H2,2H3. The van der Waals surface area contributed by atoms with Crippen molar-refractivity contribution in [2.75, 3.05) is 6.54 Å². The molecule has 2 aromatic rings. The zero-order valence-electron chi connectivity index (χ0n) is 13.6. The fourth-order valence-electron chi connectivity index (χ4n) is 4.68. The third-order valence-electron chi connectivity index (χ3n) is 5.56. The first-order valence-corrected chi connectivity index (χ1v) is 8.44. The topological polar surface area (TPSA) is 12.5 Å². The minimum atomic E-state index is -0.493. The first-order chi connectivity index (χ1) is 11.2. The van der Waals surface area contributed by atoms with E-state index in [0.29, 0.717) is 0 Å². The zero-order chi connectivity index (χ0) is 15.9. The van der Waals surface area contributed by atoms with Crippen molar-refractivity contribution in [2.45, 2.75) is 30.8 Å². The van der Waals surface area contributed by atoms with Crippen LogP contribution in [-0.4, -0.2) is 23.9 Å². The number of nitrogens with zero attached hydrogens (tertiary/aromatic N) is 1. The Kier molecular flexibility index (Phi) is 3.44. The molecule has 23 heavy (non-hydrogen) atoms. The summed E-state index contributed by atoms with van der Waals surface area (Å²) >= 11 is 0. The zero-order valence-corrected chi connectivity index (χ0v) is 13.6. The lowest BCUT2D eigenvalue weighted by molar-refractivity contribution is 0.0647. The first-order valence-electron chi connectivity index (χ1n) is 8.44. The van der Waals surface area contributed by atoms with Gasteiger partial charge in [0.05, 0.1) is 5.54 Å². The van der Waals surface area contributed by atoms with Crippen LogP contribution in [0.3, 0.4) is 0 Å². The summed E-state index contributed by atoms with van der Waals surface area (Å²) in [6.07, 6.45) is 4.38. The number of hydrogen-bond donors (Lipinski definition) is 0. The molecule has 2 heterocycles. The predicted octanol–water partition coefficient (Wildman–Crippen LogP) is 4.10. The van der Waals surface area contributed by atoms with Gasteiger partial charge in [-0.05, 0) is 37.3 Å². The molecule has 0 amide bonds. The van der Waals surface area contributed by atoms with Crippen LogP contribution >= 0.6 is 0 Å². The average Bonchev–Trinajstić information content (AvgIpc) is 3.15. The molecule has 0 spiro atoms. The van der Waals surface area contributed by atoms with Gasteiger partial charge in [0.1, 0.15) is 5.60 Å². The number of benzene rings is 2. The SMILES string of the molecule is C=CC12CCCN1B(C)OC2(c1ccccc1)c1ccccc1. The maximum absolute atomic E-state index is 6.74. The molecule has 3 heteroatoms. The molecule has 2 aromatic carbocycles. The van der Waals surface area contributed by atoms with Gasteiger partial charge < -0.3 is 9.47 Å². The van der Waals surface area contributed by atoms with Crippen LogP contribution in [0.4, 0.5) is 0 Å². The molecular weight excluding hydrogens is 281 g/mol. The molecule has 2 saturated heterocycles. The van der Waals surface area contributed by atoms with Gasteiger partial charge in [0.2, 0.25) is 0 Å². The highest BCUT2D eigenvalue weighted by Gasteiger charge is 2.65. The van der Waals surface area contributed by atoms with Crippen LogP contribution in [0.5, 0.6) is 0 Å². The van der Waals surface area contributed by atoms with Crippen molar-refractivity contribution in [3.05, 3.63) is 84.4 Å². The highest BCUT2D eigenvalue weighted by atomic mass is 16.5. The molecule has 0 N–H and O–H groups in total. The summed E-state index contributed by atoms with van der Waals surface area (Å²) in [4.78, 5) is 2.49. The first kappa shape index (κ1) is 14.7. The summed E-state index contributed by atoms with van der Waals surface area (Å²) in [5.74, 6) is 0. The molecule has 2 nitrogen and oxygen atoms in total. The van der Waals surface area contributed by atoms with Gasteiger partial charge in [-0.25, -0.2) is 0 Å². The number of rotatable bonds is 3. The second-order valence-electron chi connectivity index (χ2n) is 6.56. The Bertz CT molecular complexity index is 663. The summed E-state index contributed by atoms with van der Waals surface area (Å²) in [6.45, 7) is 7.46. The highest BCUT2D eigenvalue weighted by Crippen LogP contribution is 2.56. The quantitative estimate of drug-likeness (QED) is 0.625. The maximum Gasteiger partial charge on any atom is 0.380 e. The monoisotopic (exact) mass is 303 g/mol. The van der Waals surface area contributed by atoms with Crippen LogP contribution in [0.2, 0.25) is 6.82 Å². The molecule has 116 valence electrons. The van der Waals surface area contributed by atoms with Crippen LogP contribution in [-0.2, 0) is 10.3 Å². The van der Waals surface area contributed by atoms with Crippen LogP contribution in [0.25, 0.3) is 0 Å². The Morgan fingerprint density at radius 3 is 2.13 bits per heavy atom. The third kappa shape index (κ3) is 1.84. The molecule has 2 aliphatic rings. The van der Waals surface area contributed by atoms with Crippen LogP contribution < -0.4 is 0 Å². The Balaban J connectivity index is 2.02. The molecule has 0 radical (unpaired) electrons. The van der Waals surface area contributed by atoms with Gasteiger partial charge in [-0.3, -0.25) is 0 Å². The number of fused-ring (bicyclic) bond motifs is 1. The van der Waals surface area contributed by atoms with E-state index in [2.05, 4.69) is 85.0 Å². The Labute approximate surface area is 138 Å². The van der Waals surface area contributed by atoms with Crippen molar-refractivity contribution in [3.8, 4) is 0 Å². The Hall–Kier alpha value is -1.84. The highest BCUT2D eigenvalue weighted by molar-refractivity contribution is 6.48. The van der Waals surface area contributed by atoms with Crippen molar-refractivity contribution in [1.82, 2.24) is 4.81 Å². The molecule has 0 aromatic heterocycles. The predicted molar refractivity (Wildman–Crippen MR) is 95.2 cm³/mol. The average molecular weight is 303 g/mol. The second kappa shape index (κ2) is 5.36. The van der Waals surface area contributed by atoms with E-state index < -0.39 is 5.60 Å². The minimum Gasteiger partial charge on any atom is -0.406 e. The molecule has 0 bridgehead atoms. The van der Waals surface area contributed by atoms with Crippen molar-refractivity contribution < 1.29 is 4.65 Å². The van der Waals surface area contributed by atoms with Crippen molar-refractivity contribution in [2.24, 2.45) is 0 Å². The number of hydrogen-bond acceptors (Lipinski definition) is 2. The summed E-state index contributed by atoms with van der Waals surface area (Å²) in [7, 11) is 0.0795. The minimum absolute atomic E-state index is 0.0795. The molecule has 1 atom stereocenters. The van der Waals surface area contributed by atoms with E-state index in [9.17, 15) is 0 Å². The van der Waals surface area contributed by atoms with Gasteiger partial charge >= 0.3 is 7.05 Å². The van der Waals surface area contributed by atoms with Gasteiger partial charge in [0.15, 0.2) is 0 Å². The van der Waals surface area contributed by atoms with Crippen LogP contribution in [0.15, 0.2) is 73.3 Å². The molecule has 1 unspecified atom stereocenters. The third-order valence-corrected chi connectivity index (χ3v) is 5.56. The van der Waals surface area contributed by atoms with E-state index in [-0.39, 0.29) is 12.6 Å². The van der Waals surface area contributed by atoms with Gasteiger partial charge in [0.25, 0.3) is 0 Å². The van der Waals surface area contributed by atoms with E-state index in [1.807, 2.05) is 0 Å². The molecule has 0 aliphatic carbocycles. The van der Waals surface area contributed by atoms with Gasteiger partial charge in [-0.1, -0.05) is 66.7 Å². The fraction of sp³-hybridized carbons (Fsp3) is 0.300. The van der Waals surface area contributed by atoms with Crippen molar-refractivity contribution in [1.29, 1.82) is 0 Å². The van der Waals surface area contributed by atoms with Gasteiger partial charge in [-0.15, -0.1) is 6.58 Å². The largest absolute Gasteiger partial charge is 0.406 e. The van der Waals surface area contributed by atoms with Crippen molar-refractivity contribution in [3.63, 3.8) is 0 Å². The fourth-order valence-corrected chi connectivity index (χ4v) is 4.68. The van der Waals surface area contributed by atoms with Crippen LogP contribution in [0.1, 0.15) is 24.0 Å². The molecule has 4 rings (SSSR count). The lowest BCUT2D eigenvalue weighted by Crippen LogP contribution is -2.53. The van der Waals surface area contributed by atoms with Gasteiger partial charge in [0, 0.05) is 0 Å².